The van der Waals surface area contributed by atoms with Crippen molar-refractivity contribution in [2.75, 3.05) is 0 Å². The lowest BCUT2D eigenvalue weighted by molar-refractivity contribution is -0.115. The molecule has 0 aromatic carbocycles. The molecule has 0 spiro atoms. The van der Waals surface area contributed by atoms with Crippen molar-refractivity contribution in [2.24, 2.45) is 0 Å². The van der Waals surface area contributed by atoms with Gasteiger partial charge in [-0.3, -0.25) is 14.5 Å². The van der Waals surface area contributed by atoms with Crippen LogP contribution in [-0.4, -0.2) is 10.9 Å². The Bertz CT molecular complexity index is 322. The topological polar surface area (TPSA) is 42.0 Å². The number of nitrogens with zero attached hydrogens (tertiary/aromatic N) is 1. The molecule has 1 heterocycles. The van der Waals surface area contributed by atoms with Crippen LogP contribution in [0.5, 0.6) is 0 Å². The van der Waals surface area contributed by atoms with Crippen molar-refractivity contribution in [3.8, 4) is 0 Å². The largest absolute Gasteiger partial charge is 0.299 e. The van der Waals surface area contributed by atoms with Crippen LogP contribution in [0.4, 0.5) is 0 Å². The molecule has 1 rings (SSSR count). The van der Waals surface area contributed by atoms with E-state index in [1.807, 2.05) is 18.2 Å². The highest BCUT2D eigenvalue weighted by Gasteiger charge is 2.00. The van der Waals surface area contributed by atoms with E-state index in [0.29, 0.717) is 5.57 Å². The van der Waals surface area contributed by atoms with Gasteiger partial charge in [-0.05, 0) is 25.1 Å². The van der Waals surface area contributed by atoms with Crippen molar-refractivity contribution >= 4 is 24.8 Å². The van der Waals surface area contributed by atoms with Gasteiger partial charge in [0, 0.05) is 11.8 Å². The predicted octanol–water partition coefficient (Wildman–Crippen LogP) is 1.45. The van der Waals surface area contributed by atoms with Crippen molar-refractivity contribution in [3.05, 3.63) is 35.7 Å². The molecule has 0 radical (unpaired) electrons. The molecule has 1 N–H and O–H groups in total. The van der Waals surface area contributed by atoms with E-state index >= 15 is 0 Å². The molecule has 0 bridgehead atoms. The number of amides is 1. The van der Waals surface area contributed by atoms with E-state index in [-0.39, 0.29) is 5.91 Å². The summed E-state index contributed by atoms with van der Waals surface area (Å²) in [6, 6.07) is 5.52. The number of pyridine rings is 1. The summed E-state index contributed by atoms with van der Waals surface area (Å²) in [5.41, 5.74) is 1.34. The Morgan fingerprint density at radius 1 is 1.62 bits per heavy atom. The van der Waals surface area contributed by atoms with Crippen LogP contribution in [0.1, 0.15) is 12.6 Å². The minimum absolute atomic E-state index is 0.214. The second kappa shape index (κ2) is 4.67. The lowest BCUT2D eigenvalue weighted by atomic mass is 10.2. The highest BCUT2D eigenvalue weighted by molar-refractivity contribution is 7.78. The summed E-state index contributed by atoms with van der Waals surface area (Å²) in [5, 5.41) is 0. The molecule has 4 heteroatoms. The summed E-state index contributed by atoms with van der Waals surface area (Å²) in [6.45, 7) is 1.71. The summed E-state index contributed by atoms with van der Waals surface area (Å²) in [5.74, 6) is -0.214. The number of hydrogen-bond acceptors (Lipinski definition) is 3. The van der Waals surface area contributed by atoms with Gasteiger partial charge in [-0.2, -0.15) is 0 Å². The molecular weight excluding hydrogens is 184 g/mol. The van der Waals surface area contributed by atoms with E-state index in [9.17, 15) is 4.79 Å². The zero-order valence-corrected chi connectivity index (χ0v) is 8.08. The van der Waals surface area contributed by atoms with E-state index < -0.39 is 0 Å². The Hall–Kier alpha value is -1.29. The molecule has 1 amide bonds. The number of carbonyl (C=O) groups excluding carboxylic acids is 1. The fraction of sp³-hybridized carbons (Fsp3) is 0.111. The maximum Gasteiger partial charge on any atom is 0.256 e. The highest BCUT2D eigenvalue weighted by Crippen LogP contribution is 2.02. The number of rotatable bonds is 2. The Balaban J connectivity index is 2.83. The van der Waals surface area contributed by atoms with Crippen LogP contribution in [-0.2, 0) is 4.79 Å². The molecule has 1 aromatic heterocycles. The SMILES string of the molecule is C/C(=C\c1ccccn1)C(=O)NS. The third kappa shape index (κ3) is 2.91. The molecule has 1 aromatic rings. The Kier molecular flexibility index (Phi) is 3.52. The normalized spacial score (nSPS) is 11.1. The van der Waals surface area contributed by atoms with Crippen molar-refractivity contribution in [1.82, 2.24) is 9.71 Å². The van der Waals surface area contributed by atoms with Crippen molar-refractivity contribution in [1.29, 1.82) is 0 Å². The van der Waals surface area contributed by atoms with Gasteiger partial charge in [-0.1, -0.05) is 18.9 Å². The molecule has 0 fully saturated rings. The summed E-state index contributed by atoms with van der Waals surface area (Å²) in [6.07, 6.45) is 3.38. The second-order valence-corrected chi connectivity index (χ2v) is 2.75. The molecule has 0 unspecified atom stereocenters. The van der Waals surface area contributed by atoms with Crippen LogP contribution < -0.4 is 4.72 Å². The van der Waals surface area contributed by atoms with Gasteiger partial charge in [-0.15, -0.1) is 0 Å². The van der Waals surface area contributed by atoms with E-state index in [0.717, 1.165) is 5.69 Å². The quantitative estimate of drug-likeness (QED) is 0.552. The molecule has 0 saturated heterocycles. The number of carbonyl (C=O) groups is 1. The lowest BCUT2D eigenvalue weighted by Gasteiger charge is -1.97. The first-order valence-corrected chi connectivity index (χ1v) is 4.22. The zero-order valence-electron chi connectivity index (χ0n) is 7.19. The van der Waals surface area contributed by atoms with E-state index in [1.54, 1.807) is 19.2 Å². The molecule has 0 aliphatic heterocycles. The van der Waals surface area contributed by atoms with E-state index in [2.05, 4.69) is 22.5 Å². The van der Waals surface area contributed by atoms with Crippen LogP contribution >= 0.6 is 12.8 Å². The number of thiol groups is 1. The van der Waals surface area contributed by atoms with Gasteiger partial charge in [0.15, 0.2) is 0 Å². The molecule has 0 aliphatic carbocycles. The van der Waals surface area contributed by atoms with Gasteiger partial charge in [0.05, 0.1) is 5.69 Å². The lowest BCUT2D eigenvalue weighted by Crippen LogP contribution is -2.12. The standard InChI is InChI=1S/C9H10N2OS/c1-7(9(12)11-13)6-8-4-2-3-5-10-8/h2-6,13H,1H3,(H,11,12)/b7-6+. The van der Waals surface area contributed by atoms with Gasteiger partial charge >= 0.3 is 0 Å². The van der Waals surface area contributed by atoms with Gasteiger partial charge in [-0.25, -0.2) is 0 Å². The minimum Gasteiger partial charge on any atom is -0.299 e. The summed E-state index contributed by atoms with van der Waals surface area (Å²) in [7, 11) is 0. The number of nitrogens with one attached hydrogen (secondary N) is 1. The predicted molar refractivity (Wildman–Crippen MR) is 55.0 cm³/mol. The van der Waals surface area contributed by atoms with E-state index in [4.69, 9.17) is 0 Å². The fourth-order valence-electron chi connectivity index (χ4n) is 0.837. The Morgan fingerprint density at radius 2 is 2.38 bits per heavy atom. The van der Waals surface area contributed by atoms with Crippen LogP contribution in [0.2, 0.25) is 0 Å². The van der Waals surface area contributed by atoms with Gasteiger partial charge in [0.25, 0.3) is 5.91 Å². The summed E-state index contributed by atoms with van der Waals surface area (Å²) in [4.78, 5) is 15.1. The van der Waals surface area contributed by atoms with Gasteiger partial charge in [0.2, 0.25) is 0 Å². The highest BCUT2D eigenvalue weighted by atomic mass is 32.1. The van der Waals surface area contributed by atoms with Crippen LogP contribution in [0, 0.1) is 0 Å². The van der Waals surface area contributed by atoms with Crippen molar-refractivity contribution < 1.29 is 4.79 Å². The van der Waals surface area contributed by atoms with Crippen LogP contribution in [0.15, 0.2) is 30.0 Å². The third-order valence-corrected chi connectivity index (χ3v) is 1.71. The first-order valence-electron chi connectivity index (χ1n) is 3.78. The molecule has 0 aliphatic rings. The molecule has 0 saturated carbocycles. The molecule has 0 atom stereocenters. The number of hydrogen-bond donors (Lipinski definition) is 2. The van der Waals surface area contributed by atoms with Crippen molar-refractivity contribution in [2.45, 2.75) is 6.92 Å². The average molecular weight is 194 g/mol. The second-order valence-electron chi connectivity index (χ2n) is 2.52. The first-order chi connectivity index (χ1) is 6.24. The molecule has 13 heavy (non-hydrogen) atoms. The molecule has 68 valence electrons. The Morgan fingerprint density at radius 3 is 2.92 bits per heavy atom. The Labute approximate surface area is 82.4 Å². The maximum atomic E-state index is 11.0. The maximum absolute atomic E-state index is 11.0. The fourth-order valence-corrected chi connectivity index (χ4v) is 1.01. The molecule has 3 nitrogen and oxygen atoms in total. The van der Waals surface area contributed by atoms with Crippen LogP contribution in [0.3, 0.4) is 0 Å². The van der Waals surface area contributed by atoms with Gasteiger partial charge in [0.1, 0.15) is 0 Å². The van der Waals surface area contributed by atoms with Crippen LogP contribution in [0.25, 0.3) is 6.08 Å². The smallest absolute Gasteiger partial charge is 0.256 e. The van der Waals surface area contributed by atoms with Gasteiger partial charge < -0.3 is 0 Å². The summed E-state index contributed by atoms with van der Waals surface area (Å²) >= 11 is 3.66. The zero-order chi connectivity index (χ0) is 9.68. The third-order valence-electron chi connectivity index (χ3n) is 1.51. The average Bonchev–Trinajstić information content (AvgIpc) is 2.18. The minimum atomic E-state index is -0.214. The van der Waals surface area contributed by atoms with Crippen molar-refractivity contribution in [3.63, 3.8) is 0 Å². The van der Waals surface area contributed by atoms with E-state index in [1.165, 1.54) is 0 Å². The summed E-state index contributed by atoms with van der Waals surface area (Å²) < 4.78 is 2.24. The number of aromatic nitrogens is 1. The molecular formula is C9H10N2OS. The first kappa shape index (κ1) is 9.80. The monoisotopic (exact) mass is 194 g/mol.